The van der Waals surface area contributed by atoms with Crippen LogP contribution >= 0.6 is 0 Å². The normalized spacial score (nSPS) is 33.5. The molecule has 1 aliphatic rings. The van der Waals surface area contributed by atoms with Crippen molar-refractivity contribution in [1.82, 2.24) is 0 Å². The molecule has 0 spiro atoms. The molecule has 1 saturated heterocycles. The summed E-state index contributed by atoms with van der Waals surface area (Å²) in [5.41, 5.74) is 0. The van der Waals surface area contributed by atoms with E-state index in [-0.39, 0.29) is 0 Å². The van der Waals surface area contributed by atoms with Gasteiger partial charge >= 0.3 is 11.9 Å². The van der Waals surface area contributed by atoms with E-state index >= 15 is 0 Å². The lowest BCUT2D eigenvalue weighted by molar-refractivity contribution is -0.196. The fraction of sp³-hybridized carbons (Fsp3) is 0.778. The van der Waals surface area contributed by atoms with Crippen LogP contribution in [0.2, 0.25) is 0 Å². The third-order valence-electron chi connectivity index (χ3n) is 2.06. The van der Waals surface area contributed by atoms with Crippen LogP contribution in [-0.2, 0) is 23.8 Å². The highest BCUT2D eigenvalue weighted by atomic mass is 16.7. The summed E-state index contributed by atoms with van der Waals surface area (Å²) in [5, 5.41) is 18.5. The number of aliphatic hydroxyl groups excluding tert-OH is 2. The molecular weight excluding hydrogens is 220 g/mol. The number of ether oxygens (including phenoxy) is 3. The van der Waals surface area contributed by atoms with Gasteiger partial charge in [-0.2, -0.15) is 0 Å². The van der Waals surface area contributed by atoms with Crippen LogP contribution in [0.4, 0.5) is 0 Å². The molecule has 0 amide bonds. The molecule has 1 unspecified atom stereocenters. The van der Waals surface area contributed by atoms with Crippen molar-refractivity contribution in [3.8, 4) is 0 Å². The molecule has 2 N–H and O–H groups in total. The summed E-state index contributed by atoms with van der Waals surface area (Å²) in [6.07, 6.45) is -4.46. The van der Waals surface area contributed by atoms with Gasteiger partial charge in [-0.1, -0.05) is 0 Å². The molecule has 7 heteroatoms. The minimum Gasteiger partial charge on any atom is -0.453 e. The molecule has 0 aromatic heterocycles. The molecule has 0 aromatic rings. The van der Waals surface area contributed by atoms with Crippen LogP contribution in [0.3, 0.4) is 0 Å². The highest BCUT2D eigenvalue weighted by molar-refractivity contribution is 5.67. The lowest BCUT2D eigenvalue weighted by Crippen LogP contribution is -2.38. The van der Waals surface area contributed by atoms with Gasteiger partial charge < -0.3 is 24.4 Å². The maximum absolute atomic E-state index is 10.8. The molecule has 7 nitrogen and oxygen atoms in total. The van der Waals surface area contributed by atoms with E-state index in [9.17, 15) is 14.7 Å². The first-order valence-corrected chi connectivity index (χ1v) is 4.74. The van der Waals surface area contributed by atoms with E-state index in [4.69, 9.17) is 19.3 Å². The van der Waals surface area contributed by atoms with Crippen molar-refractivity contribution in [2.75, 3.05) is 6.61 Å². The molecule has 1 fully saturated rings. The van der Waals surface area contributed by atoms with Crippen LogP contribution in [0.15, 0.2) is 0 Å². The Morgan fingerprint density at radius 2 is 1.81 bits per heavy atom. The van der Waals surface area contributed by atoms with Crippen molar-refractivity contribution < 1.29 is 34.0 Å². The van der Waals surface area contributed by atoms with Crippen LogP contribution in [-0.4, -0.2) is 53.4 Å². The smallest absolute Gasteiger partial charge is 0.305 e. The summed E-state index contributed by atoms with van der Waals surface area (Å²) in [7, 11) is 0. The average Bonchev–Trinajstić information content (AvgIpc) is 2.44. The SMILES string of the molecule is CC(=O)OC1O[C@H](CO)[C@@H](O)[C@H]1OC(C)=O. The number of carbonyl (C=O) groups excluding carboxylic acids is 2. The highest BCUT2D eigenvalue weighted by Gasteiger charge is 2.47. The molecule has 0 bridgehead atoms. The first-order chi connectivity index (χ1) is 7.45. The Balaban J connectivity index is 2.72. The van der Waals surface area contributed by atoms with Gasteiger partial charge in [-0.15, -0.1) is 0 Å². The molecule has 1 aliphatic heterocycles. The number of aliphatic hydroxyl groups is 2. The minimum atomic E-state index is -1.22. The quantitative estimate of drug-likeness (QED) is 0.576. The molecule has 1 rings (SSSR count). The number of esters is 2. The zero-order valence-corrected chi connectivity index (χ0v) is 8.95. The van der Waals surface area contributed by atoms with E-state index in [1.54, 1.807) is 0 Å². The number of rotatable bonds is 3. The van der Waals surface area contributed by atoms with Crippen LogP contribution in [0.25, 0.3) is 0 Å². The minimum absolute atomic E-state index is 0.462. The molecule has 4 atom stereocenters. The third kappa shape index (κ3) is 2.91. The third-order valence-corrected chi connectivity index (χ3v) is 2.06. The molecule has 0 aliphatic carbocycles. The second kappa shape index (κ2) is 5.24. The van der Waals surface area contributed by atoms with E-state index in [1.807, 2.05) is 0 Å². The Morgan fingerprint density at radius 3 is 2.25 bits per heavy atom. The fourth-order valence-electron chi connectivity index (χ4n) is 1.43. The summed E-state index contributed by atoms with van der Waals surface area (Å²) >= 11 is 0. The summed E-state index contributed by atoms with van der Waals surface area (Å²) < 4.78 is 14.5. The predicted octanol–water partition coefficient (Wildman–Crippen LogP) is -1.44. The standard InChI is InChI=1S/C9H14O7/c1-4(11)14-8-7(13)6(3-10)16-9(8)15-5(2)12/h6-10,13H,3H2,1-2H3/t6-,7-,8-,9?/m1/s1. The topological polar surface area (TPSA) is 102 Å². The van der Waals surface area contributed by atoms with Gasteiger partial charge in [0.25, 0.3) is 0 Å². The average molecular weight is 234 g/mol. The van der Waals surface area contributed by atoms with Gasteiger partial charge in [0.1, 0.15) is 12.2 Å². The molecular formula is C9H14O7. The molecule has 0 saturated carbocycles. The first-order valence-electron chi connectivity index (χ1n) is 4.74. The number of hydrogen-bond acceptors (Lipinski definition) is 7. The van der Waals surface area contributed by atoms with Crippen LogP contribution in [0.1, 0.15) is 13.8 Å². The van der Waals surface area contributed by atoms with Gasteiger partial charge in [0.2, 0.25) is 6.29 Å². The van der Waals surface area contributed by atoms with Crippen molar-refractivity contribution >= 4 is 11.9 Å². The molecule has 1 heterocycles. The summed E-state index contributed by atoms with van der Waals surface area (Å²) in [5.74, 6) is -1.27. The zero-order chi connectivity index (χ0) is 12.3. The van der Waals surface area contributed by atoms with Gasteiger partial charge in [0, 0.05) is 13.8 Å². The Kier molecular flexibility index (Phi) is 4.22. The van der Waals surface area contributed by atoms with Crippen LogP contribution in [0, 0.1) is 0 Å². The van der Waals surface area contributed by atoms with Crippen LogP contribution in [0.5, 0.6) is 0 Å². The van der Waals surface area contributed by atoms with Crippen molar-refractivity contribution in [3.63, 3.8) is 0 Å². The van der Waals surface area contributed by atoms with E-state index < -0.39 is 43.1 Å². The van der Waals surface area contributed by atoms with Crippen LogP contribution < -0.4 is 0 Å². The van der Waals surface area contributed by atoms with Crippen molar-refractivity contribution in [2.24, 2.45) is 0 Å². The summed E-state index contributed by atoms with van der Waals surface area (Å²) in [4.78, 5) is 21.5. The Morgan fingerprint density at radius 1 is 1.25 bits per heavy atom. The highest BCUT2D eigenvalue weighted by Crippen LogP contribution is 2.25. The van der Waals surface area contributed by atoms with Gasteiger partial charge in [-0.05, 0) is 0 Å². The van der Waals surface area contributed by atoms with E-state index in [0.29, 0.717) is 0 Å². The Hall–Kier alpha value is -1.18. The van der Waals surface area contributed by atoms with Gasteiger partial charge in [0.05, 0.1) is 6.61 Å². The van der Waals surface area contributed by atoms with Gasteiger partial charge in [-0.3, -0.25) is 9.59 Å². The predicted molar refractivity (Wildman–Crippen MR) is 49.1 cm³/mol. The monoisotopic (exact) mass is 234 g/mol. The van der Waals surface area contributed by atoms with Crippen molar-refractivity contribution in [1.29, 1.82) is 0 Å². The Bertz CT molecular complexity index is 277. The van der Waals surface area contributed by atoms with Gasteiger partial charge in [0.15, 0.2) is 6.10 Å². The largest absolute Gasteiger partial charge is 0.453 e. The second-order valence-electron chi connectivity index (χ2n) is 3.40. The zero-order valence-electron chi connectivity index (χ0n) is 8.95. The number of carbonyl (C=O) groups is 2. The van der Waals surface area contributed by atoms with E-state index in [0.717, 1.165) is 13.8 Å². The van der Waals surface area contributed by atoms with Gasteiger partial charge in [-0.25, -0.2) is 0 Å². The van der Waals surface area contributed by atoms with Crippen molar-refractivity contribution in [2.45, 2.75) is 38.4 Å². The molecule has 16 heavy (non-hydrogen) atoms. The molecule has 0 aromatic carbocycles. The molecule has 0 radical (unpaired) electrons. The fourth-order valence-corrected chi connectivity index (χ4v) is 1.43. The second-order valence-corrected chi connectivity index (χ2v) is 3.40. The molecule has 92 valence electrons. The van der Waals surface area contributed by atoms with E-state index in [1.165, 1.54) is 0 Å². The van der Waals surface area contributed by atoms with Crippen molar-refractivity contribution in [3.05, 3.63) is 0 Å². The first kappa shape index (κ1) is 12.9. The lowest BCUT2D eigenvalue weighted by atomic mass is 10.1. The lowest BCUT2D eigenvalue weighted by Gasteiger charge is -2.19. The summed E-state index contributed by atoms with van der Waals surface area (Å²) in [6, 6.07) is 0. The summed E-state index contributed by atoms with van der Waals surface area (Å²) in [6.45, 7) is 1.85. The number of hydrogen-bond donors (Lipinski definition) is 2. The Labute approximate surface area is 91.9 Å². The maximum Gasteiger partial charge on any atom is 0.305 e. The van der Waals surface area contributed by atoms with E-state index in [2.05, 4.69) is 0 Å². The maximum atomic E-state index is 10.8.